The highest BCUT2D eigenvalue weighted by Crippen LogP contribution is 2.34. The zero-order valence-corrected chi connectivity index (χ0v) is 10.5. The summed E-state index contributed by atoms with van der Waals surface area (Å²) in [5.41, 5.74) is 3.30. The Labute approximate surface area is 115 Å². The quantitative estimate of drug-likeness (QED) is 0.633. The Morgan fingerprint density at radius 3 is 2.25 bits per heavy atom. The van der Waals surface area contributed by atoms with Crippen LogP contribution in [0.25, 0.3) is 11.0 Å². The predicted molar refractivity (Wildman–Crippen MR) is 73.2 cm³/mol. The molecule has 0 aliphatic carbocycles. The van der Waals surface area contributed by atoms with Gasteiger partial charge in [-0.05, 0) is 17.7 Å². The van der Waals surface area contributed by atoms with Crippen LogP contribution in [0.1, 0.15) is 27.8 Å². The number of aromatic nitrogens is 2. The third kappa shape index (κ3) is 1.58. The fraction of sp³-hybridized carbons (Fsp3) is 0.0625. The van der Waals surface area contributed by atoms with Gasteiger partial charge in [-0.2, -0.15) is 0 Å². The van der Waals surface area contributed by atoms with Gasteiger partial charge in [-0.1, -0.05) is 42.5 Å². The molecular weight excluding hydrogens is 252 g/mol. The Balaban J connectivity index is 1.94. The highest BCUT2D eigenvalue weighted by atomic mass is 16.5. The van der Waals surface area contributed by atoms with Gasteiger partial charge in [0.15, 0.2) is 11.8 Å². The van der Waals surface area contributed by atoms with E-state index in [4.69, 9.17) is 4.74 Å². The molecular formula is C16H10N2O2. The average Bonchev–Trinajstić information content (AvgIpc) is 2.83. The molecule has 3 aromatic rings. The highest BCUT2D eigenvalue weighted by molar-refractivity contribution is 5.94. The van der Waals surface area contributed by atoms with Crippen molar-refractivity contribution in [3.63, 3.8) is 0 Å². The van der Waals surface area contributed by atoms with Gasteiger partial charge >= 0.3 is 5.97 Å². The first-order valence-corrected chi connectivity index (χ1v) is 6.35. The van der Waals surface area contributed by atoms with Crippen LogP contribution in [0.2, 0.25) is 0 Å². The fourth-order valence-corrected chi connectivity index (χ4v) is 2.42. The first-order valence-electron chi connectivity index (χ1n) is 6.35. The molecule has 0 unspecified atom stereocenters. The van der Waals surface area contributed by atoms with Crippen molar-refractivity contribution < 1.29 is 9.53 Å². The molecule has 0 fully saturated rings. The summed E-state index contributed by atoms with van der Waals surface area (Å²) in [7, 11) is 0. The fourth-order valence-electron chi connectivity index (χ4n) is 2.42. The Kier molecular flexibility index (Phi) is 2.29. The Morgan fingerprint density at radius 1 is 0.850 bits per heavy atom. The maximum atomic E-state index is 12.0. The maximum Gasteiger partial charge on any atom is 0.360 e. The number of para-hydroxylation sites is 2. The molecule has 0 bridgehead atoms. The molecule has 0 saturated heterocycles. The number of esters is 1. The second-order valence-corrected chi connectivity index (χ2v) is 4.64. The van der Waals surface area contributed by atoms with Gasteiger partial charge in [-0.25, -0.2) is 14.8 Å². The van der Waals surface area contributed by atoms with Gasteiger partial charge < -0.3 is 4.74 Å². The predicted octanol–water partition coefficient (Wildman–Crippen LogP) is 2.89. The maximum absolute atomic E-state index is 12.0. The summed E-state index contributed by atoms with van der Waals surface area (Å²) >= 11 is 0. The van der Waals surface area contributed by atoms with Crippen LogP contribution in [0.3, 0.4) is 0 Å². The minimum absolute atomic E-state index is 0.317. The van der Waals surface area contributed by atoms with Gasteiger partial charge in [0.2, 0.25) is 0 Å². The Morgan fingerprint density at radius 2 is 1.50 bits per heavy atom. The number of cyclic esters (lactones) is 1. The van der Waals surface area contributed by atoms with Crippen molar-refractivity contribution >= 4 is 17.0 Å². The summed E-state index contributed by atoms with van der Waals surface area (Å²) < 4.78 is 5.43. The number of hydrogen-bond acceptors (Lipinski definition) is 4. The lowest BCUT2D eigenvalue weighted by molar-refractivity contribution is 0.0449. The molecule has 2 aromatic carbocycles. The molecule has 1 aliphatic rings. The van der Waals surface area contributed by atoms with Crippen molar-refractivity contribution in [3.05, 3.63) is 71.5 Å². The summed E-state index contributed by atoms with van der Waals surface area (Å²) in [5.74, 6) is -0.410. The lowest BCUT2D eigenvalue weighted by atomic mass is 10.1. The first kappa shape index (κ1) is 11.1. The number of carbonyl (C=O) groups excluding carboxylic acids is 1. The van der Waals surface area contributed by atoms with Crippen LogP contribution >= 0.6 is 0 Å². The molecule has 96 valence electrons. The largest absolute Gasteiger partial charge is 0.446 e. The van der Waals surface area contributed by atoms with E-state index in [1.54, 1.807) is 0 Å². The third-order valence-electron chi connectivity index (χ3n) is 3.37. The molecule has 0 radical (unpaired) electrons. The van der Waals surface area contributed by atoms with Gasteiger partial charge in [0.05, 0.1) is 11.0 Å². The highest BCUT2D eigenvalue weighted by Gasteiger charge is 2.35. The number of carbonyl (C=O) groups is 1. The van der Waals surface area contributed by atoms with E-state index in [1.807, 2.05) is 54.6 Å². The van der Waals surface area contributed by atoms with Crippen molar-refractivity contribution in [1.29, 1.82) is 0 Å². The third-order valence-corrected chi connectivity index (χ3v) is 3.37. The molecule has 1 aliphatic heterocycles. The number of ether oxygens (including phenoxy) is 1. The number of fused-ring (bicyclic) bond motifs is 2. The zero-order valence-electron chi connectivity index (χ0n) is 10.5. The molecule has 0 spiro atoms. The van der Waals surface area contributed by atoms with Crippen molar-refractivity contribution in [3.8, 4) is 0 Å². The van der Waals surface area contributed by atoms with Crippen LogP contribution in [0.15, 0.2) is 54.6 Å². The van der Waals surface area contributed by atoms with Crippen molar-refractivity contribution in [2.24, 2.45) is 0 Å². The smallest absolute Gasteiger partial charge is 0.360 e. The second-order valence-electron chi connectivity index (χ2n) is 4.64. The molecule has 1 aromatic heterocycles. The van der Waals surface area contributed by atoms with Gasteiger partial charge in [0.1, 0.15) is 5.69 Å². The summed E-state index contributed by atoms with van der Waals surface area (Å²) in [6, 6.07) is 17.1. The van der Waals surface area contributed by atoms with E-state index in [-0.39, 0.29) is 0 Å². The summed E-state index contributed by atoms with van der Waals surface area (Å²) in [6.07, 6.45) is -0.462. The van der Waals surface area contributed by atoms with Crippen molar-refractivity contribution in [2.45, 2.75) is 6.10 Å². The van der Waals surface area contributed by atoms with E-state index in [1.165, 1.54) is 0 Å². The average molecular weight is 262 g/mol. The van der Waals surface area contributed by atoms with Gasteiger partial charge in [-0.3, -0.25) is 0 Å². The van der Waals surface area contributed by atoms with E-state index in [0.717, 1.165) is 11.1 Å². The van der Waals surface area contributed by atoms with Crippen LogP contribution in [0.4, 0.5) is 0 Å². The second kappa shape index (κ2) is 4.13. The number of rotatable bonds is 1. The number of benzene rings is 2. The molecule has 1 atom stereocenters. The van der Waals surface area contributed by atoms with Crippen molar-refractivity contribution in [1.82, 2.24) is 9.97 Å². The minimum Gasteiger partial charge on any atom is -0.446 e. The topological polar surface area (TPSA) is 52.1 Å². The van der Waals surface area contributed by atoms with Crippen molar-refractivity contribution in [2.75, 3.05) is 0 Å². The Hall–Kier alpha value is -2.75. The van der Waals surface area contributed by atoms with E-state index >= 15 is 0 Å². The van der Waals surface area contributed by atoms with Crippen LogP contribution in [-0.4, -0.2) is 15.9 Å². The van der Waals surface area contributed by atoms with E-state index in [2.05, 4.69) is 9.97 Å². The lowest BCUT2D eigenvalue weighted by Gasteiger charge is -2.09. The van der Waals surface area contributed by atoms with E-state index < -0.39 is 12.1 Å². The normalized spacial score (nSPS) is 17.0. The first-order chi connectivity index (χ1) is 9.83. The van der Waals surface area contributed by atoms with Crippen LogP contribution in [-0.2, 0) is 4.74 Å². The van der Waals surface area contributed by atoms with Gasteiger partial charge in [0, 0.05) is 0 Å². The van der Waals surface area contributed by atoms with Gasteiger partial charge in [0.25, 0.3) is 0 Å². The zero-order chi connectivity index (χ0) is 13.5. The molecule has 0 saturated carbocycles. The standard InChI is InChI=1S/C16H10N2O2/c19-16-14-13(15(20-16)10-6-2-1-3-7-10)17-11-8-4-5-9-12(11)18-14/h1-9,15H/t15-/m0/s1. The van der Waals surface area contributed by atoms with E-state index in [9.17, 15) is 4.79 Å². The molecule has 4 nitrogen and oxygen atoms in total. The van der Waals surface area contributed by atoms with Crippen LogP contribution < -0.4 is 0 Å². The summed E-state index contributed by atoms with van der Waals surface area (Å²) in [6.45, 7) is 0. The van der Waals surface area contributed by atoms with Gasteiger partial charge in [-0.15, -0.1) is 0 Å². The number of nitrogens with zero attached hydrogens (tertiary/aromatic N) is 2. The number of hydrogen-bond donors (Lipinski definition) is 0. The van der Waals surface area contributed by atoms with Crippen LogP contribution in [0, 0.1) is 0 Å². The molecule has 0 amide bonds. The summed E-state index contributed by atoms with van der Waals surface area (Å²) in [5, 5.41) is 0. The Bertz CT molecular complexity index is 815. The summed E-state index contributed by atoms with van der Waals surface area (Å²) in [4.78, 5) is 20.9. The lowest BCUT2D eigenvalue weighted by Crippen LogP contribution is -2.01. The minimum atomic E-state index is -0.462. The monoisotopic (exact) mass is 262 g/mol. The van der Waals surface area contributed by atoms with Crippen LogP contribution in [0.5, 0.6) is 0 Å². The molecule has 20 heavy (non-hydrogen) atoms. The molecule has 0 N–H and O–H groups in total. The molecule has 2 heterocycles. The SMILES string of the molecule is O=C1O[C@@H](c2ccccc2)c2nc3ccccc3nc21. The van der Waals surface area contributed by atoms with E-state index in [0.29, 0.717) is 16.9 Å². The molecule has 4 heteroatoms. The molecule has 4 rings (SSSR count).